The summed E-state index contributed by atoms with van der Waals surface area (Å²) in [7, 11) is -11.4. The van der Waals surface area contributed by atoms with E-state index < -0.39 is 125 Å². The van der Waals surface area contributed by atoms with E-state index in [-0.39, 0.29) is 0 Å². The fraction of sp³-hybridized carbons (Fsp3) is 0.696. The van der Waals surface area contributed by atoms with Gasteiger partial charge in [-0.15, -0.1) is 0 Å². The number of hydrogen-bond acceptors (Lipinski definition) is 17. The summed E-state index contributed by atoms with van der Waals surface area (Å²) >= 11 is 0. The Balaban J connectivity index is 1.73. The largest absolute Gasteiger partial charge is 0.483 e. The molecule has 2 aliphatic heterocycles. The van der Waals surface area contributed by atoms with Gasteiger partial charge < -0.3 is 60.2 Å². The highest BCUT2D eigenvalue weighted by Gasteiger charge is 2.52. The molecule has 3 heterocycles. The molecule has 2 fully saturated rings. The summed E-state index contributed by atoms with van der Waals surface area (Å²) in [6.07, 6.45) is -15.0. The number of aliphatic hydroxyl groups excluding tert-OH is 4. The Kier molecular flexibility index (Phi) is 13.6. The molecule has 0 bridgehead atoms. The summed E-state index contributed by atoms with van der Waals surface area (Å²) in [5, 5.41) is 54.4. The maximum absolute atomic E-state index is 12.9. The van der Waals surface area contributed by atoms with Crippen LogP contribution in [0, 0.1) is 0 Å². The van der Waals surface area contributed by atoms with E-state index in [4.69, 9.17) is 23.8 Å². The van der Waals surface area contributed by atoms with E-state index >= 15 is 0 Å². The Morgan fingerprint density at radius 3 is 2.27 bits per heavy atom. The maximum Gasteiger partial charge on any atom is 0.483 e. The molecular weight excluding hydrogens is 714 g/mol. The van der Waals surface area contributed by atoms with Crippen LogP contribution in [0.1, 0.15) is 27.0 Å². The minimum absolute atomic E-state index is 0.701. The Bertz CT molecular complexity index is 1570. The number of carbonyl (C=O) groups is 3. The van der Waals surface area contributed by atoms with Gasteiger partial charge >= 0.3 is 27.3 Å². The summed E-state index contributed by atoms with van der Waals surface area (Å²) < 4.78 is 56.0. The van der Waals surface area contributed by atoms with Gasteiger partial charge in [0.15, 0.2) is 12.5 Å². The van der Waals surface area contributed by atoms with Crippen LogP contribution in [0.3, 0.4) is 0 Å². The first-order valence-corrected chi connectivity index (χ1v) is 17.1. The number of ether oxygens (including phenoxy) is 3. The molecular formula is C23H36N4O20P2. The molecule has 24 nitrogen and oxygen atoms in total. The predicted molar refractivity (Wildman–Crippen MR) is 154 cm³/mol. The molecule has 0 spiro atoms. The van der Waals surface area contributed by atoms with Crippen LogP contribution in [-0.4, -0.2) is 137 Å². The molecule has 49 heavy (non-hydrogen) atoms. The van der Waals surface area contributed by atoms with E-state index in [0.717, 1.165) is 33.0 Å². The molecule has 0 aromatic carbocycles. The van der Waals surface area contributed by atoms with Crippen LogP contribution in [-0.2, 0) is 51.1 Å². The van der Waals surface area contributed by atoms with Gasteiger partial charge in [-0.25, -0.2) is 13.9 Å². The van der Waals surface area contributed by atoms with E-state index in [0.29, 0.717) is 4.57 Å². The molecule has 3 rings (SSSR count). The fourth-order valence-electron chi connectivity index (χ4n) is 4.59. The predicted octanol–water partition coefficient (Wildman–Crippen LogP) is -4.65. The normalized spacial score (nSPS) is 32.3. The number of phosphoric acid groups is 2. The number of nitrogens with one attached hydrogen (secondary N) is 3. The van der Waals surface area contributed by atoms with Crippen LogP contribution >= 0.6 is 15.6 Å². The first kappa shape index (κ1) is 40.5. The van der Waals surface area contributed by atoms with E-state index in [2.05, 4.69) is 19.5 Å². The summed E-state index contributed by atoms with van der Waals surface area (Å²) in [6.45, 7) is 1.15. The number of aromatic nitrogens is 2. The number of phosphoric ester groups is 2. The van der Waals surface area contributed by atoms with Crippen molar-refractivity contribution in [1.29, 1.82) is 0 Å². The lowest BCUT2D eigenvalue weighted by Gasteiger charge is -2.44. The van der Waals surface area contributed by atoms with Crippen molar-refractivity contribution in [2.45, 2.75) is 88.1 Å². The lowest BCUT2D eigenvalue weighted by Crippen LogP contribution is -2.66. The monoisotopic (exact) mass is 750 g/mol. The first-order chi connectivity index (χ1) is 22.7. The zero-order valence-electron chi connectivity index (χ0n) is 25.7. The number of carbonyl (C=O) groups excluding carboxylic acids is 2. The van der Waals surface area contributed by atoms with Gasteiger partial charge in [0.1, 0.15) is 54.8 Å². The number of carboxylic acid groups (broad SMARTS) is 1. The molecule has 2 saturated heterocycles. The van der Waals surface area contributed by atoms with Crippen molar-refractivity contribution in [2.75, 3.05) is 13.2 Å². The first-order valence-electron chi connectivity index (χ1n) is 14.1. The average Bonchev–Trinajstić information content (AvgIpc) is 3.26. The van der Waals surface area contributed by atoms with Gasteiger partial charge in [0.05, 0.1) is 13.2 Å². The van der Waals surface area contributed by atoms with Crippen molar-refractivity contribution in [3.63, 3.8) is 0 Å². The van der Waals surface area contributed by atoms with Crippen LogP contribution in [0.5, 0.6) is 0 Å². The van der Waals surface area contributed by atoms with Crippen LogP contribution in [0.15, 0.2) is 21.9 Å². The maximum atomic E-state index is 12.9. The van der Waals surface area contributed by atoms with Gasteiger partial charge in [-0.1, -0.05) is 0 Å². The van der Waals surface area contributed by atoms with Crippen LogP contribution < -0.4 is 21.9 Å². The number of nitrogens with zero attached hydrogens (tertiary/aromatic N) is 1. The molecule has 1 aromatic heterocycles. The molecule has 0 radical (unpaired) electrons. The Labute approximate surface area is 274 Å². The minimum atomic E-state index is -5.80. The second kappa shape index (κ2) is 16.4. The molecule has 0 saturated carbocycles. The molecule has 2 unspecified atom stereocenters. The molecule has 10 N–H and O–H groups in total. The number of hydrogen-bond donors (Lipinski definition) is 10. The number of H-pyrrole nitrogens is 1. The van der Waals surface area contributed by atoms with Crippen molar-refractivity contribution in [3.8, 4) is 0 Å². The summed E-state index contributed by atoms with van der Waals surface area (Å²) in [5.41, 5.74) is -1.81. The van der Waals surface area contributed by atoms with Crippen molar-refractivity contribution < 1.29 is 86.4 Å². The van der Waals surface area contributed by atoms with Gasteiger partial charge in [0.2, 0.25) is 11.8 Å². The average molecular weight is 750 g/mol. The summed E-state index contributed by atoms with van der Waals surface area (Å²) in [4.78, 5) is 81.3. The van der Waals surface area contributed by atoms with Crippen LogP contribution in [0.25, 0.3) is 0 Å². The van der Waals surface area contributed by atoms with Gasteiger partial charge in [0, 0.05) is 19.2 Å². The molecule has 26 heteroatoms. The summed E-state index contributed by atoms with van der Waals surface area (Å²) in [6, 6.07) is -2.25. The second-order valence-electron chi connectivity index (χ2n) is 10.7. The van der Waals surface area contributed by atoms with E-state index in [9.17, 15) is 63.3 Å². The lowest BCUT2D eigenvalue weighted by molar-refractivity contribution is -0.261. The van der Waals surface area contributed by atoms with Gasteiger partial charge in [-0.3, -0.25) is 37.8 Å². The van der Waals surface area contributed by atoms with Gasteiger partial charge in [-0.2, -0.15) is 4.31 Å². The van der Waals surface area contributed by atoms with E-state index in [1.54, 1.807) is 0 Å². The fourth-order valence-corrected chi connectivity index (χ4v) is 6.76. The number of aliphatic hydroxyl groups is 4. The van der Waals surface area contributed by atoms with Gasteiger partial charge in [0.25, 0.3) is 5.56 Å². The molecule has 2 aliphatic rings. The zero-order chi connectivity index (χ0) is 37.0. The van der Waals surface area contributed by atoms with Crippen molar-refractivity contribution in [2.24, 2.45) is 0 Å². The number of carboxylic acids is 1. The Morgan fingerprint density at radius 1 is 1.04 bits per heavy atom. The highest BCUT2D eigenvalue weighted by atomic mass is 31.3. The Morgan fingerprint density at radius 2 is 1.69 bits per heavy atom. The lowest BCUT2D eigenvalue weighted by atomic mass is 9.96. The standard InChI is InChI=1S/C23H36N4O20P2/c1-8(21(35)36)24-19(34)9(2)43-18-14(25-10(3)29)22(45-11(6-28)16(18)32)46-49(40,41)47-48(38,39)42-7-12-15(31)17(33)20(44-12)27-5-4-13(30)26-23(27)37/h4-5,8-9,11-12,14-18,20,22,28,31-33H,6-7H2,1-3H3,(H,24,34)(H,25,29)(H,35,36)(H,38,39)(H,40,41)(H,26,30,37)/t8-,9+,11+,12+,14+,15+,16+,17+,18+,20+,22+/m0/s1. The third kappa shape index (κ3) is 10.5. The third-order valence-corrected chi connectivity index (χ3v) is 9.59. The van der Waals surface area contributed by atoms with E-state index in [1.165, 1.54) is 0 Å². The molecule has 2 amide bonds. The molecule has 13 atom stereocenters. The molecule has 1 aromatic rings. The SMILES string of the molecule is CC(=O)N[C@H]1[C@@H](OP(=O)(O)OP(=O)(O)OC[C@H]2O[C@@H](n3ccc(=O)[nH]c3=O)[C@H](O)[C@@H]2O)O[C@H](CO)[C@@H](O)[C@@H]1O[C@H](C)C(=O)N[C@@H](C)C(=O)O. The number of amides is 2. The van der Waals surface area contributed by atoms with Crippen LogP contribution in [0.4, 0.5) is 0 Å². The highest BCUT2D eigenvalue weighted by molar-refractivity contribution is 7.61. The van der Waals surface area contributed by atoms with Crippen molar-refractivity contribution in [1.82, 2.24) is 20.2 Å². The second-order valence-corrected chi connectivity index (χ2v) is 13.7. The smallest absolute Gasteiger partial charge is 0.480 e. The number of aliphatic carboxylic acids is 1. The molecule has 278 valence electrons. The van der Waals surface area contributed by atoms with Crippen molar-refractivity contribution in [3.05, 3.63) is 33.1 Å². The van der Waals surface area contributed by atoms with Crippen LogP contribution in [0.2, 0.25) is 0 Å². The zero-order valence-corrected chi connectivity index (χ0v) is 27.5. The van der Waals surface area contributed by atoms with Gasteiger partial charge in [-0.05, 0) is 13.8 Å². The quantitative estimate of drug-likeness (QED) is 0.0753. The highest BCUT2D eigenvalue weighted by Crippen LogP contribution is 2.61. The third-order valence-electron chi connectivity index (χ3n) is 6.99. The summed E-state index contributed by atoms with van der Waals surface area (Å²) in [5.74, 6) is -3.26. The van der Waals surface area contributed by atoms with E-state index in [1.807, 2.05) is 4.98 Å². The minimum Gasteiger partial charge on any atom is -0.480 e. The topological polar surface area (TPSA) is 361 Å². The Hall–Kier alpha value is -2.93. The number of aromatic amines is 1. The molecule has 0 aliphatic carbocycles. The number of rotatable bonds is 15. The van der Waals surface area contributed by atoms with Crippen molar-refractivity contribution >= 4 is 33.4 Å².